The van der Waals surface area contributed by atoms with Gasteiger partial charge >= 0.3 is 47.8 Å². The van der Waals surface area contributed by atoms with E-state index in [-0.39, 0.29) is 62.9 Å². The Bertz CT molecular complexity index is 4660. The van der Waals surface area contributed by atoms with E-state index in [9.17, 15) is 196 Å². The van der Waals surface area contributed by atoms with Crippen LogP contribution in [0.2, 0.25) is 0 Å². The van der Waals surface area contributed by atoms with Crippen molar-refractivity contribution in [3.8, 4) is 5.75 Å². The summed E-state index contributed by atoms with van der Waals surface area (Å²) in [6.45, 7) is -0.0422. The molecule has 20 atom stereocenters. The Morgan fingerprint density at radius 3 is 0.828 bits per heavy atom. The predicted octanol–water partition coefficient (Wildman–Crippen LogP) is -14.2. The van der Waals surface area contributed by atoms with Gasteiger partial charge in [0.05, 0.1) is 45.4 Å². The van der Waals surface area contributed by atoms with Crippen LogP contribution in [0.3, 0.4) is 0 Å². The number of carboxylic acid groups (broad SMARTS) is 8. The number of aliphatic hydroxyl groups is 5. The number of carbonyl (C=O) groups excluding carboxylic acids is 18. The fourth-order valence-corrected chi connectivity index (χ4v) is 13.1. The molecule has 39 N–H and O–H groups in total. The van der Waals surface area contributed by atoms with Crippen molar-refractivity contribution in [3.63, 3.8) is 0 Å². The molecule has 0 spiro atoms. The summed E-state index contributed by atoms with van der Waals surface area (Å²) in [5.41, 5.74) is 22.6. The number of rotatable bonds is 74. The molecule has 0 saturated heterocycles. The van der Waals surface area contributed by atoms with E-state index in [0.717, 1.165) is 13.8 Å². The van der Waals surface area contributed by atoms with Gasteiger partial charge < -0.3 is 185 Å². The average Bonchev–Trinajstić information content (AvgIpc) is 0.852. The minimum absolute atomic E-state index is 0.00778. The van der Waals surface area contributed by atoms with E-state index >= 15 is 0 Å². The van der Waals surface area contributed by atoms with Gasteiger partial charge in [0.25, 0.3) is 0 Å². The lowest BCUT2D eigenvalue weighted by Gasteiger charge is -2.29. The number of hydrogen-bond donors (Lipinski definition) is 35. The third kappa shape index (κ3) is 49.5. The first-order valence-electron chi connectivity index (χ1n) is 45.3. The van der Waals surface area contributed by atoms with Gasteiger partial charge in [-0.15, -0.1) is 0 Å². The lowest BCUT2D eigenvalue weighted by atomic mass is 9.97. The molecule has 1 aromatic rings. The molecule has 61 nitrogen and oxygen atoms in total. The number of nitrogens with two attached hydrogens (primary N) is 4. The molecule has 1 aromatic carbocycles. The Morgan fingerprint density at radius 1 is 0.290 bits per heavy atom. The van der Waals surface area contributed by atoms with Crippen LogP contribution < -0.4 is 113 Å². The molecular formula is C84H131N21O40. The van der Waals surface area contributed by atoms with Crippen molar-refractivity contribution in [3.05, 3.63) is 29.8 Å². The molecule has 0 saturated carbocycles. The number of primary amides is 1. The van der Waals surface area contributed by atoms with E-state index in [1.165, 1.54) is 31.2 Å². The summed E-state index contributed by atoms with van der Waals surface area (Å²) < 4.78 is 0. The summed E-state index contributed by atoms with van der Waals surface area (Å²) in [6, 6.07) is -30.7. The highest BCUT2D eigenvalue weighted by molar-refractivity contribution is 6.03. The van der Waals surface area contributed by atoms with Crippen molar-refractivity contribution in [1.82, 2.24) is 90.4 Å². The van der Waals surface area contributed by atoms with Gasteiger partial charge in [-0.1, -0.05) is 32.4 Å². The second-order valence-corrected chi connectivity index (χ2v) is 33.2. The van der Waals surface area contributed by atoms with Crippen LogP contribution in [-0.4, -0.2) is 380 Å². The molecule has 0 aliphatic rings. The van der Waals surface area contributed by atoms with E-state index in [2.05, 4.69) is 42.5 Å². The van der Waals surface area contributed by atoms with Crippen molar-refractivity contribution in [2.75, 3.05) is 39.5 Å². The van der Waals surface area contributed by atoms with Crippen LogP contribution in [-0.2, 0) is 131 Å². The van der Waals surface area contributed by atoms with Gasteiger partial charge in [0.1, 0.15) is 115 Å². The van der Waals surface area contributed by atoms with Gasteiger partial charge in [-0.25, -0.2) is 4.79 Å². The highest BCUT2D eigenvalue weighted by Crippen LogP contribution is 2.17. The Balaban J connectivity index is 3.68. The highest BCUT2D eigenvalue weighted by atomic mass is 16.4. The van der Waals surface area contributed by atoms with Crippen LogP contribution in [0.15, 0.2) is 24.3 Å². The maximum Gasteiger partial charge on any atom is 0.326 e. The van der Waals surface area contributed by atoms with E-state index in [1.54, 1.807) is 6.92 Å². The molecule has 0 unspecified atom stereocenters. The topological polar surface area (TPSA) is 1040 Å². The summed E-state index contributed by atoms with van der Waals surface area (Å²) in [4.78, 5) is 344. The number of aliphatic hydroxyl groups excluding tert-OH is 5. The lowest BCUT2D eigenvalue weighted by Crippen LogP contribution is -2.62. The van der Waals surface area contributed by atoms with E-state index in [4.69, 9.17) is 22.9 Å². The quantitative estimate of drug-likeness (QED) is 0.0269. The fraction of sp³-hybridized carbons (Fsp3) is 0.619. The molecule has 0 heterocycles. The summed E-state index contributed by atoms with van der Waals surface area (Å²) in [7, 11) is 0. The maximum absolute atomic E-state index is 14.4. The molecule has 18 amide bonds. The summed E-state index contributed by atoms with van der Waals surface area (Å²) in [6.07, 6.45) is -16.1. The number of carboxylic acids is 8. The maximum atomic E-state index is 14.4. The van der Waals surface area contributed by atoms with Crippen LogP contribution in [0.1, 0.15) is 168 Å². The van der Waals surface area contributed by atoms with E-state index in [1.807, 2.05) is 47.9 Å². The number of aliphatic carboxylic acids is 8. The number of nitrogens with one attached hydrogen (secondary N) is 17. The molecule has 0 radical (unpaired) electrons. The minimum Gasteiger partial charge on any atom is -0.508 e. The van der Waals surface area contributed by atoms with E-state index in [0.29, 0.717) is 0 Å². The van der Waals surface area contributed by atoms with Gasteiger partial charge in [-0.2, -0.15) is 0 Å². The number of phenolic OH excluding ortho intramolecular Hbond substituents is 1. The zero-order chi connectivity index (χ0) is 110. The Kier molecular flexibility index (Phi) is 58.8. The van der Waals surface area contributed by atoms with Gasteiger partial charge in [0.2, 0.25) is 106 Å². The van der Waals surface area contributed by atoms with Crippen molar-refractivity contribution < 1.29 is 196 Å². The van der Waals surface area contributed by atoms with Gasteiger partial charge in [0.15, 0.2) is 0 Å². The standard InChI is InChI=1S/C84H131N21O40/c1-5-37(2)65(104-68(128)42(87)33-106)82(142)96-46(17-23-58(113)114)69(129)89-38(3)67(127)101-54(34-107)79(139)95-48(19-25-60(117)118)75(135)102-56(36-109)81(141)103-55(35-108)80(140)94-45(16-22-57(88)112)72(132)90-44(11-7-9-29-86)71(131)98-52(32-64(125)126)78(138)93-50(21-27-62(121)122)76(136)105-66(39(4)110)83(143)97-49(20-26-61(119)120)73(133)99-51(31-63(123)124)77(137)91-43(10-6-8-28-85)70(130)92-47(18-24-59(115)116)74(134)100-53(84(144)145)30-40-12-14-41(111)15-13-40/h12-15,37-39,42-56,65-66,106-111H,5-11,16-36,85-87H2,1-4H3,(H2,88,112)(H,89,129)(H,90,132)(H,91,137)(H,92,130)(H,93,138)(H,94,140)(H,95,139)(H,96,142)(H,97,143)(H,98,131)(H,99,133)(H,100,134)(H,101,127)(H,102,135)(H,103,141)(H,104,128)(H,105,136)(H,113,114)(H,115,116)(H,117,118)(H,119,120)(H,121,122)(H,123,124)(H,125,126)(H,144,145)/t37-,38-,39+,42-,43-,44-,45-,46-,47-,48-,49-,50-,51-,52-,53-,54-,55-,56-,65-,66-/m0/s1. The molecule has 0 fully saturated rings. The molecule has 1 rings (SSSR count). The summed E-state index contributed by atoms with van der Waals surface area (Å²) >= 11 is 0. The first kappa shape index (κ1) is 128. The smallest absolute Gasteiger partial charge is 0.326 e. The van der Waals surface area contributed by atoms with Gasteiger partial charge in [-0.05, 0) is 128 Å². The molecule has 145 heavy (non-hydrogen) atoms. The van der Waals surface area contributed by atoms with Crippen molar-refractivity contribution in [2.24, 2.45) is 28.9 Å². The normalized spacial score (nSPS) is 15.1. The molecule has 0 aliphatic heterocycles. The number of phenols is 1. The Morgan fingerprint density at radius 2 is 0.545 bits per heavy atom. The minimum atomic E-state index is -2.37. The molecule has 0 aromatic heterocycles. The van der Waals surface area contributed by atoms with Crippen molar-refractivity contribution in [1.29, 1.82) is 0 Å². The third-order valence-electron chi connectivity index (χ3n) is 21.5. The van der Waals surface area contributed by atoms with Gasteiger partial charge in [-0.3, -0.25) is 120 Å². The van der Waals surface area contributed by atoms with Crippen molar-refractivity contribution >= 4 is 154 Å². The second-order valence-electron chi connectivity index (χ2n) is 33.2. The van der Waals surface area contributed by atoms with E-state index < -0.39 is 404 Å². The Hall–Kier alpha value is -15.1. The number of hydrogen-bond acceptors (Lipinski definition) is 35. The monoisotopic (exact) mass is 2070 g/mol. The number of carbonyl (C=O) groups is 26. The number of unbranched alkanes of at least 4 members (excludes halogenated alkanes) is 2. The summed E-state index contributed by atoms with van der Waals surface area (Å²) in [5, 5.41) is 175. The zero-order valence-electron chi connectivity index (χ0n) is 79.3. The first-order valence-corrected chi connectivity index (χ1v) is 45.3. The van der Waals surface area contributed by atoms with Crippen LogP contribution in [0.4, 0.5) is 0 Å². The average molecular weight is 2080 g/mol. The molecule has 812 valence electrons. The summed E-state index contributed by atoms with van der Waals surface area (Å²) in [5.74, 6) is -39.0. The molecule has 0 aliphatic carbocycles. The lowest BCUT2D eigenvalue weighted by molar-refractivity contribution is -0.143. The van der Waals surface area contributed by atoms with Crippen LogP contribution in [0, 0.1) is 5.92 Å². The van der Waals surface area contributed by atoms with Crippen molar-refractivity contribution in [2.45, 2.75) is 284 Å². The number of amides is 18. The second kappa shape index (κ2) is 66.6. The third-order valence-corrected chi connectivity index (χ3v) is 21.5. The van der Waals surface area contributed by atoms with Crippen LogP contribution in [0.5, 0.6) is 5.75 Å². The Labute approximate surface area is 825 Å². The zero-order valence-corrected chi connectivity index (χ0v) is 79.3. The SMILES string of the molecule is CC[C@H](C)[C@H](NC(=O)[C@@H](N)CO)C(=O)N[C@@H](CCC(=O)O)C(=O)N[C@@H](C)C(=O)N[C@@H](CO)C(=O)N[C@@H](CCC(=O)O)C(=O)N[C@@H](CO)C(=O)N[C@@H](CO)C(=O)N[C@@H](CCC(N)=O)C(=O)N[C@@H](CCCCN)C(=O)N[C@@H](CC(=O)O)C(=O)N[C@@H](CCC(=O)O)C(=O)N[C@H](C(=O)N[C@@H](CCC(=O)O)C(=O)N[C@@H](CC(=O)O)C(=O)N[C@@H](CCCCN)C(=O)N[C@@H](CCC(=O)O)C(=O)N[C@@H](Cc1ccc(O)cc1)C(=O)O)[C@@H](C)O. The predicted molar refractivity (Wildman–Crippen MR) is 488 cm³/mol. The fourth-order valence-electron chi connectivity index (χ4n) is 13.1. The van der Waals surface area contributed by atoms with Gasteiger partial charge in [0, 0.05) is 44.9 Å². The molecular weight excluding hydrogens is 1940 g/mol. The molecule has 0 bridgehead atoms. The van der Waals surface area contributed by atoms with Crippen LogP contribution >= 0.6 is 0 Å². The first-order chi connectivity index (χ1) is 68.0. The number of aromatic hydroxyl groups is 1. The largest absolute Gasteiger partial charge is 0.508 e. The number of benzene rings is 1. The highest BCUT2D eigenvalue weighted by Gasteiger charge is 2.42. The van der Waals surface area contributed by atoms with Crippen LogP contribution in [0.25, 0.3) is 0 Å². The molecule has 61 heteroatoms.